The van der Waals surface area contributed by atoms with Crippen molar-refractivity contribution in [3.8, 4) is 0 Å². The number of hydrogen-bond donors (Lipinski definition) is 2. The molecular weight excluding hydrogens is 443 g/mol. The van der Waals surface area contributed by atoms with Crippen LogP contribution in [0.15, 0.2) is 77.7 Å². The summed E-state index contributed by atoms with van der Waals surface area (Å²) < 4.78 is 28.4. The topological polar surface area (TPSA) is 75.3 Å². The standard InChI is InChI=1S/C22H20Cl2N2O3S/c1-15-7-10-18(11-8-15)30(28,29)26-21(16-5-3-2-4-6-16)14-22(27)25-17-9-12-19(23)20(24)13-17/h2-13,21,26H,14H2,1H3,(H,25,27)/t21-/m0/s1. The number of carbonyl (C=O) groups excluding carboxylic acids is 1. The van der Waals surface area contributed by atoms with Crippen molar-refractivity contribution >= 4 is 44.8 Å². The average molecular weight is 463 g/mol. The van der Waals surface area contributed by atoms with Gasteiger partial charge in [-0.2, -0.15) is 0 Å². The molecule has 0 aliphatic rings. The van der Waals surface area contributed by atoms with Crippen molar-refractivity contribution in [1.29, 1.82) is 0 Å². The lowest BCUT2D eigenvalue weighted by molar-refractivity contribution is -0.116. The molecule has 3 aromatic carbocycles. The number of halogens is 2. The summed E-state index contributed by atoms with van der Waals surface area (Å²) in [6.07, 6.45) is -0.102. The predicted octanol–water partition coefficient (Wildman–Crippen LogP) is 5.35. The molecule has 0 fully saturated rings. The van der Waals surface area contributed by atoms with Crippen molar-refractivity contribution in [1.82, 2.24) is 4.72 Å². The molecule has 0 aromatic heterocycles. The third kappa shape index (κ3) is 5.83. The molecule has 30 heavy (non-hydrogen) atoms. The van der Waals surface area contributed by atoms with E-state index < -0.39 is 16.1 Å². The number of nitrogens with one attached hydrogen (secondary N) is 2. The van der Waals surface area contributed by atoms with Gasteiger partial charge in [0.1, 0.15) is 0 Å². The van der Waals surface area contributed by atoms with Crippen LogP contribution in [0.3, 0.4) is 0 Å². The maximum atomic E-state index is 12.9. The van der Waals surface area contributed by atoms with Crippen molar-refractivity contribution in [3.05, 3.63) is 94.0 Å². The number of sulfonamides is 1. The Hall–Kier alpha value is -2.38. The van der Waals surface area contributed by atoms with Gasteiger partial charge in [-0.05, 0) is 42.8 Å². The number of anilines is 1. The SMILES string of the molecule is Cc1ccc(S(=O)(=O)N[C@@H](CC(=O)Nc2ccc(Cl)c(Cl)c2)c2ccccc2)cc1. The summed E-state index contributed by atoms with van der Waals surface area (Å²) in [5.74, 6) is -0.367. The molecule has 5 nitrogen and oxygen atoms in total. The highest BCUT2D eigenvalue weighted by Gasteiger charge is 2.24. The first kappa shape index (κ1) is 22.3. The molecule has 2 N–H and O–H groups in total. The lowest BCUT2D eigenvalue weighted by atomic mass is 10.0. The monoisotopic (exact) mass is 462 g/mol. The van der Waals surface area contributed by atoms with Gasteiger partial charge in [0.25, 0.3) is 0 Å². The Labute approximate surface area is 186 Å². The van der Waals surface area contributed by atoms with Crippen LogP contribution in [0.1, 0.15) is 23.6 Å². The van der Waals surface area contributed by atoms with E-state index in [1.165, 1.54) is 18.2 Å². The number of hydrogen-bond acceptors (Lipinski definition) is 3. The molecule has 0 spiro atoms. The molecule has 0 heterocycles. The summed E-state index contributed by atoms with van der Waals surface area (Å²) in [6.45, 7) is 1.88. The second-order valence-electron chi connectivity index (χ2n) is 6.78. The van der Waals surface area contributed by atoms with Crippen LogP contribution in [0.2, 0.25) is 10.0 Å². The Morgan fingerprint density at radius 3 is 2.23 bits per heavy atom. The van der Waals surface area contributed by atoms with Crippen LogP contribution in [0, 0.1) is 6.92 Å². The van der Waals surface area contributed by atoms with Crippen molar-refractivity contribution < 1.29 is 13.2 Å². The number of amides is 1. The molecule has 0 saturated heterocycles. The molecule has 0 unspecified atom stereocenters. The third-order valence-corrected chi connectivity index (χ3v) is 6.65. The van der Waals surface area contributed by atoms with E-state index in [2.05, 4.69) is 10.0 Å². The highest BCUT2D eigenvalue weighted by Crippen LogP contribution is 2.26. The molecule has 0 aliphatic carbocycles. The Bertz CT molecular complexity index is 1130. The number of aryl methyl sites for hydroxylation is 1. The lowest BCUT2D eigenvalue weighted by Crippen LogP contribution is -2.31. The van der Waals surface area contributed by atoms with Gasteiger partial charge in [0.15, 0.2) is 0 Å². The molecule has 0 saturated carbocycles. The van der Waals surface area contributed by atoms with Gasteiger partial charge in [0.2, 0.25) is 15.9 Å². The molecule has 156 valence electrons. The first-order chi connectivity index (χ1) is 14.2. The molecule has 0 aliphatic heterocycles. The zero-order chi connectivity index (χ0) is 21.7. The van der Waals surface area contributed by atoms with E-state index in [-0.39, 0.29) is 17.2 Å². The Morgan fingerprint density at radius 2 is 1.60 bits per heavy atom. The van der Waals surface area contributed by atoms with Crippen molar-refractivity contribution in [2.75, 3.05) is 5.32 Å². The number of carbonyl (C=O) groups is 1. The van der Waals surface area contributed by atoms with E-state index in [1.54, 1.807) is 48.5 Å². The fourth-order valence-electron chi connectivity index (χ4n) is 2.86. The predicted molar refractivity (Wildman–Crippen MR) is 120 cm³/mol. The smallest absolute Gasteiger partial charge is 0.241 e. The van der Waals surface area contributed by atoms with Crippen LogP contribution < -0.4 is 10.0 Å². The minimum atomic E-state index is -3.82. The van der Waals surface area contributed by atoms with E-state index in [0.29, 0.717) is 21.3 Å². The molecule has 1 atom stereocenters. The normalized spacial score (nSPS) is 12.4. The molecule has 3 rings (SSSR count). The highest BCUT2D eigenvalue weighted by molar-refractivity contribution is 7.89. The molecular formula is C22H20Cl2N2O3S. The minimum Gasteiger partial charge on any atom is -0.326 e. The van der Waals surface area contributed by atoms with Gasteiger partial charge in [-0.15, -0.1) is 0 Å². The van der Waals surface area contributed by atoms with Crippen LogP contribution in [0.25, 0.3) is 0 Å². The second-order valence-corrected chi connectivity index (χ2v) is 9.31. The van der Waals surface area contributed by atoms with Crippen molar-refractivity contribution in [2.45, 2.75) is 24.3 Å². The largest absolute Gasteiger partial charge is 0.326 e. The van der Waals surface area contributed by atoms with E-state index in [9.17, 15) is 13.2 Å². The van der Waals surface area contributed by atoms with Crippen LogP contribution >= 0.6 is 23.2 Å². The fraction of sp³-hybridized carbons (Fsp3) is 0.136. The Kier molecular flexibility index (Phi) is 7.15. The summed E-state index contributed by atoms with van der Waals surface area (Å²) in [4.78, 5) is 12.8. The van der Waals surface area contributed by atoms with Gasteiger partial charge in [-0.1, -0.05) is 71.2 Å². The Balaban J connectivity index is 1.81. The molecule has 3 aromatic rings. The maximum absolute atomic E-state index is 12.9. The van der Waals surface area contributed by atoms with E-state index in [0.717, 1.165) is 5.56 Å². The average Bonchev–Trinajstić information content (AvgIpc) is 2.71. The maximum Gasteiger partial charge on any atom is 0.241 e. The fourth-order valence-corrected chi connectivity index (χ4v) is 4.38. The Morgan fingerprint density at radius 1 is 0.933 bits per heavy atom. The summed E-state index contributed by atoms with van der Waals surface area (Å²) in [5, 5.41) is 3.42. The zero-order valence-electron chi connectivity index (χ0n) is 16.1. The zero-order valence-corrected chi connectivity index (χ0v) is 18.4. The van der Waals surface area contributed by atoms with E-state index in [4.69, 9.17) is 23.2 Å². The lowest BCUT2D eigenvalue weighted by Gasteiger charge is -2.19. The van der Waals surface area contributed by atoms with Gasteiger partial charge < -0.3 is 5.32 Å². The first-order valence-electron chi connectivity index (χ1n) is 9.13. The highest BCUT2D eigenvalue weighted by atomic mass is 35.5. The summed E-state index contributed by atoms with van der Waals surface area (Å²) in [7, 11) is -3.82. The van der Waals surface area contributed by atoms with Crippen LogP contribution in [-0.2, 0) is 14.8 Å². The van der Waals surface area contributed by atoms with Gasteiger partial charge in [0.05, 0.1) is 21.0 Å². The van der Waals surface area contributed by atoms with Crippen molar-refractivity contribution in [2.24, 2.45) is 0 Å². The minimum absolute atomic E-state index is 0.102. The molecule has 1 amide bonds. The van der Waals surface area contributed by atoms with Gasteiger partial charge in [-0.25, -0.2) is 13.1 Å². The molecule has 0 radical (unpaired) electrons. The van der Waals surface area contributed by atoms with E-state index >= 15 is 0 Å². The summed E-state index contributed by atoms with van der Waals surface area (Å²) >= 11 is 11.9. The summed E-state index contributed by atoms with van der Waals surface area (Å²) in [6, 6.07) is 19.5. The number of benzene rings is 3. The van der Waals surface area contributed by atoms with Crippen LogP contribution in [0.5, 0.6) is 0 Å². The quantitative estimate of drug-likeness (QED) is 0.496. The van der Waals surface area contributed by atoms with Gasteiger partial charge >= 0.3 is 0 Å². The third-order valence-electron chi connectivity index (χ3n) is 4.42. The number of rotatable bonds is 7. The van der Waals surface area contributed by atoms with Crippen LogP contribution in [0.4, 0.5) is 5.69 Å². The van der Waals surface area contributed by atoms with Crippen molar-refractivity contribution in [3.63, 3.8) is 0 Å². The van der Waals surface area contributed by atoms with Crippen LogP contribution in [-0.4, -0.2) is 14.3 Å². The molecule has 8 heteroatoms. The molecule has 0 bridgehead atoms. The first-order valence-corrected chi connectivity index (χ1v) is 11.4. The van der Waals surface area contributed by atoms with E-state index in [1.807, 2.05) is 13.0 Å². The van der Waals surface area contributed by atoms with Gasteiger partial charge in [0, 0.05) is 12.1 Å². The summed E-state index contributed by atoms with van der Waals surface area (Å²) in [5.41, 5.74) is 2.11. The second kappa shape index (κ2) is 9.62. The van der Waals surface area contributed by atoms with Gasteiger partial charge in [-0.3, -0.25) is 4.79 Å².